The third kappa shape index (κ3) is 0.890. The predicted molar refractivity (Wildman–Crippen MR) is 60.9 cm³/mol. The van der Waals surface area contributed by atoms with Crippen LogP contribution in [0.1, 0.15) is 5.56 Å². The monoisotopic (exact) mass is 208 g/mol. The lowest BCUT2D eigenvalue weighted by Gasteiger charge is -1.94. The molecule has 0 fully saturated rings. The summed E-state index contributed by atoms with van der Waals surface area (Å²) in [5.41, 5.74) is 4.95. The summed E-state index contributed by atoms with van der Waals surface area (Å²) in [5.74, 6) is 0. The van der Waals surface area contributed by atoms with Gasteiger partial charge in [-0.2, -0.15) is 4.57 Å². The summed E-state index contributed by atoms with van der Waals surface area (Å²) in [6.07, 6.45) is 3.85. The molecule has 3 aromatic rings. The first-order valence-electron chi connectivity index (χ1n) is 5.41. The normalized spacial score (nSPS) is 12.8. The van der Waals surface area contributed by atoms with Gasteiger partial charge in [-0.3, -0.25) is 0 Å². The molecule has 0 saturated carbocycles. The van der Waals surface area contributed by atoms with Crippen molar-refractivity contribution in [2.45, 2.75) is 6.54 Å². The SMILES string of the molecule is c1ccc2c(c1)C[n+]1ccc3occc3c1-2. The Bertz CT molecular complexity index is 697. The molecule has 0 bridgehead atoms. The van der Waals surface area contributed by atoms with Crippen molar-refractivity contribution in [2.24, 2.45) is 0 Å². The van der Waals surface area contributed by atoms with E-state index in [2.05, 4.69) is 35.0 Å². The Labute approximate surface area is 92.8 Å². The van der Waals surface area contributed by atoms with Gasteiger partial charge in [0.2, 0.25) is 5.69 Å². The molecule has 16 heavy (non-hydrogen) atoms. The summed E-state index contributed by atoms with van der Waals surface area (Å²) < 4.78 is 7.73. The van der Waals surface area contributed by atoms with Crippen LogP contribution in [0.3, 0.4) is 0 Å². The maximum atomic E-state index is 5.44. The second-order valence-electron chi connectivity index (χ2n) is 4.15. The van der Waals surface area contributed by atoms with E-state index >= 15 is 0 Å². The van der Waals surface area contributed by atoms with Crippen molar-refractivity contribution in [3.05, 3.63) is 54.4 Å². The Balaban J connectivity index is 2.18. The zero-order chi connectivity index (χ0) is 10.5. The number of furan rings is 1. The Morgan fingerprint density at radius 1 is 1.06 bits per heavy atom. The molecule has 1 aliphatic rings. The summed E-state index contributed by atoms with van der Waals surface area (Å²) in [6.45, 7) is 0.965. The van der Waals surface area contributed by atoms with Crippen LogP contribution in [0.2, 0.25) is 0 Å². The van der Waals surface area contributed by atoms with Gasteiger partial charge in [-0.1, -0.05) is 18.2 Å². The topological polar surface area (TPSA) is 17.0 Å². The highest BCUT2D eigenvalue weighted by Gasteiger charge is 2.28. The largest absolute Gasteiger partial charge is 0.464 e. The molecule has 0 unspecified atom stereocenters. The van der Waals surface area contributed by atoms with Crippen molar-refractivity contribution >= 4 is 11.0 Å². The van der Waals surface area contributed by atoms with Gasteiger partial charge >= 0.3 is 0 Å². The number of aromatic nitrogens is 1. The van der Waals surface area contributed by atoms with E-state index in [1.807, 2.05) is 12.1 Å². The molecule has 2 heteroatoms. The van der Waals surface area contributed by atoms with E-state index in [-0.39, 0.29) is 0 Å². The van der Waals surface area contributed by atoms with E-state index in [0.717, 1.165) is 12.1 Å². The van der Waals surface area contributed by atoms with Crippen molar-refractivity contribution < 1.29 is 8.98 Å². The van der Waals surface area contributed by atoms with Gasteiger partial charge in [-0.05, 0) is 12.1 Å². The second-order valence-corrected chi connectivity index (χ2v) is 4.15. The molecule has 1 aromatic carbocycles. The predicted octanol–water partition coefficient (Wildman–Crippen LogP) is 2.75. The zero-order valence-electron chi connectivity index (χ0n) is 8.68. The minimum Gasteiger partial charge on any atom is -0.464 e. The van der Waals surface area contributed by atoms with Crippen LogP contribution in [0.25, 0.3) is 22.2 Å². The summed E-state index contributed by atoms with van der Waals surface area (Å²) in [5, 5.41) is 1.20. The highest BCUT2D eigenvalue weighted by molar-refractivity contribution is 5.91. The summed E-state index contributed by atoms with van der Waals surface area (Å²) >= 11 is 0. The van der Waals surface area contributed by atoms with Crippen LogP contribution in [0.5, 0.6) is 0 Å². The quantitative estimate of drug-likeness (QED) is 0.406. The third-order valence-electron chi connectivity index (χ3n) is 3.26. The minimum atomic E-state index is 0.961. The minimum absolute atomic E-state index is 0.961. The fourth-order valence-electron chi connectivity index (χ4n) is 2.54. The average Bonchev–Trinajstić information content (AvgIpc) is 2.91. The molecule has 0 N–H and O–H groups in total. The summed E-state index contributed by atoms with van der Waals surface area (Å²) in [4.78, 5) is 0. The van der Waals surface area contributed by atoms with E-state index in [9.17, 15) is 0 Å². The number of hydrogen-bond acceptors (Lipinski definition) is 1. The Kier molecular flexibility index (Phi) is 1.38. The fourth-order valence-corrected chi connectivity index (χ4v) is 2.54. The Morgan fingerprint density at radius 2 is 2.00 bits per heavy atom. The summed E-state index contributed by atoms with van der Waals surface area (Å²) in [6, 6.07) is 12.6. The van der Waals surface area contributed by atoms with Crippen LogP contribution in [0, 0.1) is 0 Å². The van der Waals surface area contributed by atoms with Gasteiger partial charge in [0.1, 0.15) is 5.58 Å². The van der Waals surface area contributed by atoms with Gasteiger partial charge in [-0.15, -0.1) is 0 Å². The molecule has 1 aliphatic heterocycles. The molecular weight excluding hydrogens is 198 g/mol. The van der Waals surface area contributed by atoms with E-state index < -0.39 is 0 Å². The maximum Gasteiger partial charge on any atom is 0.224 e. The first kappa shape index (κ1) is 8.11. The Hall–Kier alpha value is -2.09. The average molecular weight is 208 g/mol. The van der Waals surface area contributed by atoms with Gasteiger partial charge < -0.3 is 4.42 Å². The molecule has 0 aliphatic carbocycles. The summed E-state index contributed by atoms with van der Waals surface area (Å²) in [7, 11) is 0. The molecular formula is C14H10NO+. The van der Waals surface area contributed by atoms with E-state index in [1.165, 1.54) is 22.2 Å². The molecule has 2 aromatic heterocycles. The van der Waals surface area contributed by atoms with Crippen LogP contribution in [0.4, 0.5) is 0 Å². The van der Waals surface area contributed by atoms with Gasteiger partial charge in [0.05, 0.1) is 17.2 Å². The molecule has 0 amide bonds. The van der Waals surface area contributed by atoms with Crippen LogP contribution in [-0.2, 0) is 6.54 Å². The molecule has 76 valence electrons. The molecule has 0 spiro atoms. The third-order valence-corrected chi connectivity index (χ3v) is 3.26. The van der Waals surface area contributed by atoms with Gasteiger partial charge in [0.15, 0.2) is 12.7 Å². The molecule has 0 atom stereocenters. The van der Waals surface area contributed by atoms with E-state index in [0.29, 0.717) is 0 Å². The fraction of sp³-hybridized carbons (Fsp3) is 0.0714. The number of benzene rings is 1. The first-order valence-corrected chi connectivity index (χ1v) is 5.41. The number of rotatable bonds is 0. The van der Waals surface area contributed by atoms with Crippen LogP contribution in [-0.4, -0.2) is 0 Å². The van der Waals surface area contributed by atoms with Crippen LogP contribution >= 0.6 is 0 Å². The molecule has 4 rings (SSSR count). The highest BCUT2D eigenvalue weighted by Crippen LogP contribution is 2.32. The highest BCUT2D eigenvalue weighted by atomic mass is 16.3. The lowest BCUT2D eigenvalue weighted by atomic mass is 10.1. The van der Waals surface area contributed by atoms with Gasteiger partial charge in [0, 0.05) is 11.6 Å². The zero-order valence-corrected chi connectivity index (χ0v) is 8.68. The molecule has 2 nitrogen and oxygen atoms in total. The number of fused-ring (bicyclic) bond motifs is 5. The molecule has 0 saturated heterocycles. The number of pyridine rings is 1. The van der Waals surface area contributed by atoms with Gasteiger partial charge in [0.25, 0.3) is 0 Å². The standard InChI is InChI=1S/C14H10NO/c1-2-4-11-10(3-1)9-15-7-5-13-12(14(11)15)6-8-16-13/h1-8H,9H2/q+1. The van der Waals surface area contributed by atoms with Crippen molar-refractivity contribution in [1.29, 1.82) is 0 Å². The van der Waals surface area contributed by atoms with Crippen LogP contribution in [0.15, 0.2) is 53.3 Å². The lowest BCUT2D eigenvalue weighted by Crippen LogP contribution is -2.31. The first-order chi connectivity index (χ1) is 7.93. The smallest absolute Gasteiger partial charge is 0.224 e. The van der Waals surface area contributed by atoms with Crippen molar-refractivity contribution in [3.63, 3.8) is 0 Å². The Morgan fingerprint density at radius 3 is 3.00 bits per heavy atom. The van der Waals surface area contributed by atoms with E-state index in [4.69, 9.17) is 4.42 Å². The van der Waals surface area contributed by atoms with Crippen LogP contribution < -0.4 is 4.57 Å². The van der Waals surface area contributed by atoms with Crippen molar-refractivity contribution in [1.82, 2.24) is 0 Å². The van der Waals surface area contributed by atoms with E-state index in [1.54, 1.807) is 6.26 Å². The molecule has 0 radical (unpaired) electrons. The maximum absolute atomic E-state index is 5.44. The lowest BCUT2D eigenvalue weighted by molar-refractivity contribution is -0.671. The van der Waals surface area contributed by atoms with Gasteiger partial charge in [-0.25, -0.2) is 0 Å². The molecule has 3 heterocycles. The van der Waals surface area contributed by atoms with Crippen molar-refractivity contribution in [3.8, 4) is 11.3 Å². The van der Waals surface area contributed by atoms with Crippen molar-refractivity contribution in [2.75, 3.05) is 0 Å². The number of hydrogen-bond donors (Lipinski definition) is 0. The second kappa shape index (κ2) is 2.73. The number of nitrogens with zero attached hydrogens (tertiary/aromatic N) is 1.